The van der Waals surface area contributed by atoms with E-state index in [9.17, 15) is 55.9 Å². The van der Waals surface area contributed by atoms with E-state index >= 15 is 0 Å². The molecule has 0 bridgehead atoms. The van der Waals surface area contributed by atoms with Gasteiger partial charge in [-0.05, 0) is 32.0 Å². The van der Waals surface area contributed by atoms with Gasteiger partial charge in [0.25, 0.3) is 0 Å². The number of phenols is 2. The first-order chi connectivity index (χ1) is 25.1. The molecule has 3 aliphatic rings. The number of methoxy groups -OCH3 is 1. The van der Waals surface area contributed by atoms with Crippen LogP contribution in [0.5, 0.6) is 23.0 Å². The Hall–Kier alpha value is -3.67. The Bertz CT molecular complexity index is 1800. The second-order valence-electron chi connectivity index (χ2n) is 13.1. The predicted octanol–water partition coefficient (Wildman–Crippen LogP) is -2.24. The van der Waals surface area contributed by atoms with Gasteiger partial charge in [0.05, 0.1) is 25.9 Å². The van der Waals surface area contributed by atoms with Crippen molar-refractivity contribution >= 4 is 11.0 Å². The monoisotopic (exact) mass is 754 g/mol. The van der Waals surface area contributed by atoms with Crippen LogP contribution in [0.3, 0.4) is 0 Å². The molecule has 0 unspecified atom stereocenters. The van der Waals surface area contributed by atoms with Gasteiger partial charge in [-0.1, -0.05) is 0 Å². The number of rotatable bonds is 9. The lowest BCUT2D eigenvalue weighted by Gasteiger charge is -2.48. The Kier molecular flexibility index (Phi) is 11.5. The second kappa shape index (κ2) is 15.6. The van der Waals surface area contributed by atoms with Gasteiger partial charge >= 0.3 is 0 Å². The maximum absolute atomic E-state index is 13.1. The van der Waals surface area contributed by atoms with E-state index < -0.39 is 110 Å². The SMILES string of the molecule is COc1ccc(-c2cc(=O)c3c(O)cc(O[C@@H]4O[C@H](CO)[C@@H](O[C@@H]5O[C@@H](C)[C@H](O)[C@@H](O)[C@H]5O)[C@H](O)[C@H]4O[C@@H]4O[C@@H](C)[C@H](O)[C@@H](O)[C@H]4O)cc3o2)cc1O. The molecule has 3 fully saturated rings. The van der Waals surface area contributed by atoms with Gasteiger partial charge in [-0.15, -0.1) is 0 Å². The Morgan fingerprint density at radius 3 is 1.85 bits per heavy atom. The van der Waals surface area contributed by atoms with E-state index in [4.69, 9.17) is 37.6 Å². The van der Waals surface area contributed by atoms with E-state index in [1.54, 1.807) is 0 Å². The van der Waals surface area contributed by atoms with Crippen LogP contribution >= 0.6 is 0 Å². The molecule has 0 radical (unpaired) electrons. The van der Waals surface area contributed by atoms with Crippen molar-refractivity contribution in [2.24, 2.45) is 0 Å². The number of hydrogen-bond donors (Lipinski definition) is 10. The van der Waals surface area contributed by atoms with E-state index in [-0.39, 0.29) is 39.5 Å². The van der Waals surface area contributed by atoms with Gasteiger partial charge in [-0.2, -0.15) is 0 Å². The average Bonchev–Trinajstić information content (AvgIpc) is 3.12. The van der Waals surface area contributed by atoms with Crippen LogP contribution in [0.4, 0.5) is 0 Å². The van der Waals surface area contributed by atoms with Gasteiger partial charge in [0.15, 0.2) is 35.6 Å². The molecular formula is C34H42O19. The predicted molar refractivity (Wildman–Crippen MR) is 175 cm³/mol. The topological polar surface area (TPSA) is 297 Å². The molecule has 292 valence electrons. The van der Waals surface area contributed by atoms with Crippen molar-refractivity contribution in [3.63, 3.8) is 0 Å². The highest BCUT2D eigenvalue weighted by Gasteiger charge is 2.54. The molecule has 0 spiro atoms. The summed E-state index contributed by atoms with van der Waals surface area (Å²) >= 11 is 0. The van der Waals surface area contributed by atoms with Gasteiger partial charge in [0, 0.05) is 23.8 Å². The summed E-state index contributed by atoms with van der Waals surface area (Å²) in [5.74, 6) is -0.866. The quantitative estimate of drug-likeness (QED) is 0.110. The van der Waals surface area contributed by atoms with Crippen molar-refractivity contribution in [1.29, 1.82) is 0 Å². The lowest BCUT2D eigenvalue weighted by Crippen LogP contribution is -2.66. The molecule has 0 saturated carbocycles. The van der Waals surface area contributed by atoms with Crippen LogP contribution in [0.2, 0.25) is 0 Å². The number of aliphatic hydroxyl groups is 8. The maximum Gasteiger partial charge on any atom is 0.229 e. The third kappa shape index (κ3) is 7.54. The van der Waals surface area contributed by atoms with Crippen molar-refractivity contribution < 1.29 is 88.6 Å². The van der Waals surface area contributed by atoms with Crippen LogP contribution in [0.1, 0.15) is 13.8 Å². The summed E-state index contributed by atoms with van der Waals surface area (Å²) in [6, 6.07) is 7.63. The second-order valence-corrected chi connectivity index (χ2v) is 13.1. The molecule has 1 aromatic heterocycles. The number of fused-ring (bicyclic) bond motifs is 1. The van der Waals surface area contributed by atoms with Gasteiger partial charge < -0.3 is 88.6 Å². The minimum absolute atomic E-state index is 0.000242. The molecule has 53 heavy (non-hydrogen) atoms. The highest BCUT2D eigenvalue weighted by molar-refractivity contribution is 5.86. The third-order valence-corrected chi connectivity index (χ3v) is 9.50. The Balaban J connectivity index is 1.34. The molecule has 0 aliphatic carbocycles. The van der Waals surface area contributed by atoms with E-state index in [1.807, 2.05) is 0 Å². The number of aromatic hydroxyl groups is 2. The first kappa shape index (κ1) is 39.0. The third-order valence-electron chi connectivity index (χ3n) is 9.50. The fraction of sp³-hybridized carbons (Fsp3) is 0.559. The number of phenolic OH excluding ortho intramolecular Hbond substituents is 2. The maximum atomic E-state index is 13.1. The minimum Gasteiger partial charge on any atom is -0.507 e. The molecule has 6 rings (SSSR count). The molecular weight excluding hydrogens is 712 g/mol. The molecule has 0 amide bonds. The highest BCUT2D eigenvalue weighted by atomic mass is 16.8. The lowest BCUT2D eigenvalue weighted by atomic mass is 9.96. The molecule has 19 nitrogen and oxygen atoms in total. The normalized spacial score (nSPS) is 37.8. The molecule has 15 atom stereocenters. The molecule has 3 aromatic rings. The first-order valence-corrected chi connectivity index (χ1v) is 16.6. The summed E-state index contributed by atoms with van der Waals surface area (Å²) in [6.07, 6.45) is -24.1. The zero-order valence-electron chi connectivity index (χ0n) is 28.5. The van der Waals surface area contributed by atoms with Crippen molar-refractivity contribution in [3.8, 4) is 34.3 Å². The highest BCUT2D eigenvalue weighted by Crippen LogP contribution is 2.37. The van der Waals surface area contributed by atoms with Crippen molar-refractivity contribution in [1.82, 2.24) is 0 Å². The lowest BCUT2D eigenvalue weighted by molar-refractivity contribution is -0.376. The molecule has 3 aliphatic heterocycles. The summed E-state index contributed by atoms with van der Waals surface area (Å²) in [5.41, 5.74) is -0.543. The number of ether oxygens (including phenoxy) is 7. The zero-order valence-corrected chi connectivity index (χ0v) is 28.5. The van der Waals surface area contributed by atoms with E-state index in [0.717, 1.165) is 12.1 Å². The summed E-state index contributed by atoms with van der Waals surface area (Å²) in [4.78, 5) is 13.1. The molecule has 10 N–H and O–H groups in total. The summed E-state index contributed by atoms with van der Waals surface area (Å²) in [6.45, 7) is 1.95. The van der Waals surface area contributed by atoms with Crippen LogP contribution in [0, 0.1) is 0 Å². The first-order valence-electron chi connectivity index (χ1n) is 16.6. The average molecular weight is 755 g/mol. The Morgan fingerprint density at radius 2 is 1.28 bits per heavy atom. The Morgan fingerprint density at radius 1 is 0.679 bits per heavy atom. The number of aliphatic hydroxyl groups excluding tert-OH is 8. The van der Waals surface area contributed by atoms with Crippen LogP contribution in [0.15, 0.2) is 45.6 Å². The van der Waals surface area contributed by atoms with Gasteiger partial charge in [0.2, 0.25) is 6.29 Å². The van der Waals surface area contributed by atoms with Crippen LogP contribution < -0.4 is 14.9 Å². The van der Waals surface area contributed by atoms with Crippen molar-refractivity contribution in [2.75, 3.05) is 13.7 Å². The van der Waals surface area contributed by atoms with E-state index in [1.165, 1.54) is 45.2 Å². The van der Waals surface area contributed by atoms with Crippen molar-refractivity contribution in [2.45, 2.75) is 106 Å². The molecule has 2 aromatic carbocycles. The summed E-state index contributed by atoms with van der Waals surface area (Å²) < 4.78 is 45.7. The summed E-state index contributed by atoms with van der Waals surface area (Å²) in [7, 11) is 1.36. The van der Waals surface area contributed by atoms with Gasteiger partial charge in [-0.25, -0.2) is 0 Å². The van der Waals surface area contributed by atoms with E-state index in [2.05, 4.69) is 0 Å². The summed E-state index contributed by atoms with van der Waals surface area (Å²) in [5, 5.41) is 105. The standard InChI is InChI=1S/C34H42O19/c1-11-23(39)25(41)27(43)32(47-11)52-30-21(10-35)51-34(31(29(30)45)53-33-28(44)26(42)24(40)12(2)48-33)49-14-7-16(37)22-17(38)9-19(50-20(22)8-14)13-4-5-18(46-3)15(36)6-13/h4-9,11-12,21,23-37,39-45H,10H2,1-3H3/t11-,12-,21+,23-,24-,25+,26+,27+,28+,29-,30+,31+,32-,33-,34+/m0/s1. The number of hydrogen-bond acceptors (Lipinski definition) is 19. The minimum atomic E-state index is -1.89. The van der Waals surface area contributed by atoms with Crippen LogP contribution in [-0.2, 0) is 23.7 Å². The Labute approximate surface area is 300 Å². The zero-order chi connectivity index (χ0) is 38.5. The fourth-order valence-electron chi connectivity index (χ4n) is 6.44. The van der Waals surface area contributed by atoms with Gasteiger partial charge in [0.1, 0.15) is 83.2 Å². The van der Waals surface area contributed by atoms with Crippen LogP contribution in [0.25, 0.3) is 22.3 Å². The molecule has 3 saturated heterocycles. The fourth-order valence-corrected chi connectivity index (χ4v) is 6.44. The largest absolute Gasteiger partial charge is 0.507 e. The molecule has 4 heterocycles. The van der Waals surface area contributed by atoms with Crippen LogP contribution in [-0.4, -0.2) is 157 Å². The van der Waals surface area contributed by atoms with E-state index in [0.29, 0.717) is 0 Å². The van der Waals surface area contributed by atoms with Crippen molar-refractivity contribution in [3.05, 3.63) is 46.6 Å². The number of benzene rings is 2. The molecule has 19 heteroatoms. The smallest absolute Gasteiger partial charge is 0.229 e. The van der Waals surface area contributed by atoms with Gasteiger partial charge in [-0.3, -0.25) is 4.79 Å².